The van der Waals surface area contributed by atoms with Crippen LogP contribution in [0.1, 0.15) is 43.7 Å². The topological polar surface area (TPSA) is 79.1 Å². The number of hydrogen-bond donors (Lipinski definition) is 0. The van der Waals surface area contributed by atoms with Crippen molar-refractivity contribution in [3.63, 3.8) is 0 Å². The van der Waals surface area contributed by atoms with Crippen LogP contribution in [-0.2, 0) is 22.5 Å². The van der Waals surface area contributed by atoms with Crippen LogP contribution in [0.5, 0.6) is 0 Å². The molecule has 4 rings (SSSR count). The second-order valence-electron chi connectivity index (χ2n) is 9.13. The van der Waals surface area contributed by atoms with E-state index in [1.165, 1.54) is 5.56 Å². The van der Waals surface area contributed by atoms with Crippen molar-refractivity contribution in [2.45, 2.75) is 46.6 Å². The first-order valence-corrected chi connectivity index (χ1v) is 12.5. The minimum atomic E-state index is -0.285. The van der Waals surface area contributed by atoms with Crippen LogP contribution in [0, 0.1) is 12.8 Å². The van der Waals surface area contributed by atoms with Gasteiger partial charge < -0.3 is 19.0 Å². The molecule has 8 nitrogen and oxygen atoms in total. The second kappa shape index (κ2) is 11.0. The fraction of sp³-hybridized carbons (Fsp3) is 0.577. The molecule has 2 aromatic rings. The summed E-state index contributed by atoms with van der Waals surface area (Å²) in [6.07, 6.45) is 2.42. The van der Waals surface area contributed by atoms with Crippen LogP contribution in [-0.4, -0.2) is 77.6 Å². The molecule has 0 N–H and O–H groups in total. The Hall–Kier alpha value is -2.87. The number of benzene rings is 1. The zero-order chi connectivity index (χ0) is 24.1. The van der Waals surface area contributed by atoms with Gasteiger partial charge in [0.1, 0.15) is 5.76 Å². The number of carbonyl (C=O) groups excluding carboxylic acids is 2. The van der Waals surface area contributed by atoms with Crippen molar-refractivity contribution in [1.82, 2.24) is 19.7 Å². The lowest BCUT2D eigenvalue weighted by Crippen LogP contribution is -2.53. The molecule has 184 valence electrons. The largest absolute Gasteiger partial charge is 0.450 e. The maximum Gasteiger partial charge on any atom is 0.409 e. The summed E-state index contributed by atoms with van der Waals surface area (Å²) in [7, 11) is 0. The van der Waals surface area contributed by atoms with Gasteiger partial charge in [0, 0.05) is 44.2 Å². The first-order valence-electron chi connectivity index (χ1n) is 12.5. The Morgan fingerprint density at radius 1 is 1.00 bits per heavy atom. The second-order valence-corrected chi connectivity index (χ2v) is 9.13. The van der Waals surface area contributed by atoms with E-state index in [-0.39, 0.29) is 17.9 Å². The van der Waals surface area contributed by atoms with Gasteiger partial charge in [0.25, 0.3) is 0 Å². The van der Waals surface area contributed by atoms with Crippen molar-refractivity contribution >= 4 is 12.0 Å². The molecule has 0 aliphatic carbocycles. The number of amides is 2. The zero-order valence-corrected chi connectivity index (χ0v) is 20.6. The van der Waals surface area contributed by atoms with Crippen molar-refractivity contribution in [3.8, 4) is 11.5 Å². The summed E-state index contributed by atoms with van der Waals surface area (Å²) in [5, 5.41) is 0. The highest BCUT2D eigenvalue weighted by atomic mass is 16.6. The van der Waals surface area contributed by atoms with Crippen LogP contribution < -0.4 is 0 Å². The average Bonchev–Trinajstić information content (AvgIpc) is 3.24. The molecule has 2 amide bonds. The van der Waals surface area contributed by atoms with Gasteiger partial charge in [-0.1, -0.05) is 19.1 Å². The van der Waals surface area contributed by atoms with Gasteiger partial charge in [-0.05, 0) is 63.9 Å². The molecule has 2 aliphatic rings. The summed E-state index contributed by atoms with van der Waals surface area (Å²) in [4.78, 5) is 35.6. The van der Waals surface area contributed by atoms with Crippen LogP contribution >= 0.6 is 0 Å². The molecular formula is C26H36N4O4. The van der Waals surface area contributed by atoms with Gasteiger partial charge in [0.05, 0.1) is 12.3 Å². The average molecular weight is 469 g/mol. The smallest absolute Gasteiger partial charge is 0.409 e. The van der Waals surface area contributed by atoms with Crippen LogP contribution in [0.3, 0.4) is 0 Å². The fourth-order valence-corrected chi connectivity index (χ4v) is 4.71. The Morgan fingerprint density at radius 2 is 1.65 bits per heavy atom. The molecule has 0 radical (unpaired) electrons. The molecule has 0 saturated carbocycles. The number of aryl methyl sites for hydroxylation is 2. The molecular weight excluding hydrogens is 432 g/mol. The number of rotatable bonds is 6. The normalized spacial score (nSPS) is 17.7. The molecule has 3 heterocycles. The van der Waals surface area contributed by atoms with E-state index >= 15 is 0 Å². The Labute approximate surface area is 201 Å². The molecule has 0 atom stereocenters. The van der Waals surface area contributed by atoms with Crippen molar-refractivity contribution < 1.29 is 18.7 Å². The summed E-state index contributed by atoms with van der Waals surface area (Å²) >= 11 is 0. The zero-order valence-electron chi connectivity index (χ0n) is 20.6. The fourth-order valence-electron chi connectivity index (χ4n) is 4.71. The van der Waals surface area contributed by atoms with Gasteiger partial charge in [0.15, 0.2) is 0 Å². The van der Waals surface area contributed by atoms with E-state index in [1.54, 1.807) is 11.8 Å². The third kappa shape index (κ3) is 5.60. The number of likely N-dealkylation sites (tertiary alicyclic amines) is 1. The van der Waals surface area contributed by atoms with Crippen molar-refractivity contribution in [3.05, 3.63) is 41.3 Å². The van der Waals surface area contributed by atoms with Gasteiger partial charge >= 0.3 is 6.09 Å². The van der Waals surface area contributed by atoms with E-state index in [2.05, 4.69) is 36.1 Å². The lowest BCUT2D eigenvalue weighted by Gasteiger charge is -2.38. The summed E-state index contributed by atoms with van der Waals surface area (Å²) in [6.45, 7) is 11.0. The molecule has 2 aliphatic heterocycles. The third-order valence-electron chi connectivity index (χ3n) is 6.93. The molecule has 0 spiro atoms. The molecule has 2 fully saturated rings. The molecule has 2 saturated heterocycles. The first-order chi connectivity index (χ1) is 16.5. The Morgan fingerprint density at radius 3 is 2.26 bits per heavy atom. The maximum atomic E-state index is 13.0. The molecule has 34 heavy (non-hydrogen) atoms. The highest BCUT2D eigenvalue weighted by Gasteiger charge is 2.32. The van der Waals surface area contributed by atoms with Gasteiger partial charge in [-0.15, -0.1) is 0 Å². The third-order valence-corrected chi connectivity index (χ3v) is 6.93. The Bertz CT molecular complexity index is 971. The predicted octanol–water partition coefficient (Wildman–Crippen LogP) is 3.73. The number of piperazine rings is 1. The quantitative estimate of drug-likeness (QED) is 0.643. The van der Waals surface area contributed by atoms with Crippen molar-refractivity contribution in [1.29, 1.82) is 0 Å². The highest BCUT2D eigenvalue weighted by Crippen LogP contribution is 2.26. The number of carbonyl (C=O) groups is 2. The van der Waals surface area contributed by atoms with Crippen molar-refractivity contribution in [2.24, 2.45) is 5.92 Å². The predicted molar refractivity (Wildman–Crippen MR) is 129 cm³/mol. The Balaban J connectivity index is 1.26. The summed E-state index contributed by atoms with van der Waals surface area (Å²) in [6, 6.07) is 8.37. The van der Waals surface area contributed by atoms with Crippen molar-refractivity contribution in [2.75, 3.05) is 45.9 Å². The molecule has 1 aromatic carbocycles. The Kier molecular flexibility index (Phi) is 7.88. The number of ether oxygens (including phenoxy) is 1. The first kappa shape index (κ1) is 24.3. The standard InChI is InChI=1S/C26H36N4O4/c1-4-20-6-8-21(9-7-20)24-27-23(19(3)34-24)18-28-12-10-22(11-13-28)25(31)29-14-16-30(17-15-29)26(32)33-5-2/h6-9,22H,4-5,10-18H2,1-3H3. The molecule has 0 unspecified atom stereocenters. The van der Waals surface area contributed by atoms with Crippen LogP contribution in [0.25, 0.3) is 11.5 Å². The summed E-state index contributed by atoms with van der Waals surface area (Å²) < 4.78 is 11.0. The number of nitrogens with zero attached hydrogens (tertiary/aromatic N) is 4. The summed E-state index contributed by atoms with van der Waals surface area (Å²) in [5.41, 5.74) is 3.26. The lowest BCUT2D eigenvalue weighted by molar-refractivity contribution is -0.138. The van der Waals surface area contributed by atoms with E-state index in [4.69, 9.17) is 14.1 Å². The van der Waals surface area contributed by atoms with Gasteiger partial charge in [-0.3, -0.25) is 9.69 Å². The number of oxazole rings is 1. The minimum absolute atomic E-state index is 0.0523. The lowest BCUT2D eigenvalue weighted by atomic mass is 9.95. The summed E-state index contributed by atoms with van der Waals surface area (Å²) in [5.74, 6) is 1.80. The highest BCUT2D eigenvalue weighted by molar-refractivity contribution is 5.79. The number of piperidine rings is 1. The van der Waals surface area contributed by atoms with Gasteiger partial charge in [-0.2, -0.15) is 0 Å². The monoisotopic (exact) mass is 468 g/mol. The number of aromatic nitrogens is 1. The molecule has 1 aromatic heterocycles. The van der Waals surface area contributed by atoms with E-state index in [1.807, 2.05) is 11.8 Å². The number of hydrogen-bond acceptors (Lipinski definition) is 6. The van der Waals surface area contributed by atoms with Crippen LogP contribution in [0.4, 0.5) is 4.79 Å². The maximum absolute atomic E-state index is 13.0. The van der Waals surface area contributed by atoms with Gasteiger partial charge in [-0.25, -0.2) is 9.78 Å². The van der Waals surface area contributed by atoms with E-state index < -0.39 is 0 Å². The van der Waals surface area contributed by atoms with E-state index in [0.29, 0.717) is 38.7 Å². The van der Waals surface area contributed by atoms with E-state index in [9.17, 15) is 9.59 Å². The van der Waals surface area contributed by atoms with E-state index in [0.717, 1.165) is 55.9 Å². The molecule has 8 heteroatoms. The van der Waals surface area contributed by atoms with Crippen LogP contribution in [0.2, 0.25) is 0 Å². The minimum Gasteiger partial charge on any atom is -0.450 e. The van der Waals surface area contributed by atoms with Crippen LogP contribution in [0.15, 0.2) is 28.7 Å². The molecule has 0 bridgehead atoms. The SMILES string of the molecule is CCOC(=O)N1CCN(C(=O)C2CCN(Cc3nc(-c4ccc(CC)cc4)oc3C)CC2)CC1. The van der Waals surface area contributed by atoms with Gasteiger partial charge in [0.2, 0.25) is 11.8 Å².